The predicted octanol–water partition coefficient (Wildman–Crippen LogP) is 3.98. The SMILES string of the molecule is C#Cc1ccc2c(c1)-n1nnc(COc3ccccc3F)c1Cc1c(-c3noc(C4CC4)n3)ncn1-2. The predicted molar refractivity (Wildman–Crippen MR) is 125 cm³/mol. The minimum absolute atomic E-state index is 0.0396. The van der Waals surface area contributed by atoms with Crippen LogP contribution in [-0.4, -0.2) is 34.7 Å². The van der Waals surface area contributed by atoms with E-state index in [0.29, 0.717) is 41.0 Å². The molecule has 0 N–H and O–H groups in total. The number of hydrogen-bond acceptors (Lipinski definition) is 7. The Labute approximate surface area is 204 Å². The van der Waals surface area contributed by atoms with Gasteiger partial charge in [0.2, 0.25) is 11.7 Å². The van der Waals surface area contributed by atoms with Crippen molar-refractivity contribution in [2.75, 3.05) is 0 Å². The van der Waals surface area contributed by atoms with E-state index in [9.17, 15) is 4.39 Å². The molecule has 1 saturated carbocycles. The highest BCUT2D eigenvalue weighted by atomic mass is 19.1. The van der Waals surface area contributed by atoms with Crippen molar-refractivity contribution in [3.63, 3.8) is 0 Å². The van der Waals surface area contributed by atoms with E-state index in [1.807, 2.05) is 22.8 Å². The van der Waals surface area contributed by atoms with Gasteiger partial charge < -0.3 is 9.26 Å². The summed E-state index contributed by atoms with van der Waals surface area (Å²) < 4.78 is 29.1. The van der Waals surface area contributed by atoms with Crippen LogP contribution in [0.5, 0.6) is 5.75 Å². The lowest BCUT2D eigenvalue weighted by Crippen LogP contribution is -2.06. The highest BCUT2D eigenvalue weighted by Gasteiger charge is 2.32. The van der Waals surface area contributed by atoms with Gasteiger partial charge in [0.1, 0.15) is 24.3 Å². The van der Waals surface area contributed by atoms with Gasteiger partial charge >= 0.3 is 0 Å². The molecule has 1 aliphatic heterocycles. The van der Waals surface area contributed by atoms with Gasteiger partial charge in [0.05, 0.1) is 22.8 Å². The zero-order valence-corrected chi connectivity index (χ0v) is 18.9. The number of hydrogen-bond donors (Lipinski definition) is 0. The molecule has 4 heterocycles. The Morgan fingerprint density at radius 3 is 2.86 bits per heavy atom. The first-order chi connectivity index (χ1) is 17.7. The van der Waals surface area contributed by atoms with Crippen LogP contribution in [0.2, 0.25) is 0 Å². The molecule has 7 rings (SSSR count). The Hall–Kier alpha value is -4.78. The number of terminal acetylenes is 1. The maximum Gasteiger partial charge on any atom is 0.230 e. The Kier molecular flexibility index (Phi) is 4.51. The zero-order valence-electron chi connectivity index (χ0n) is 18.9. The number of aromatic nitrogens is 7. The van der Waals surface area contributed by atoms with Crippen molar-refractivity contribution in [2.45, 2.75) is 31.8 Å². The number of ether oxygens (including phenoxy) is 1. The summed E-state index contributed by atoms with van der Waals surface area (Å²) in [6.07, 6.45) is 9.95. The van der Waals surface area contributed by atoms with Crippen molar-refractivity contribution in [3.8, 4) is 41.0 Å². The van der Waals surface area contributed by atoms with Crippen molar-refractivity contribution in [1.29, 1.82) is 0 Å². The number of fused-ring (bicyclic) bond motifs is 5. The van der Waals surface area contributed by atoms with Crippen molar-refractivity contribution < 1.29 is 13.7 Å². The lowest BCUT2D eigenvalue weighted by molar-refractivity contribution is 0.285. The molecule has 9 nitrogen and oxygen atoms in total. The van der Waals surface area contributed by atoms with Crippen LogP contribution in [0.3, 0.4) is 0 Å². The summed E-state index contributed by atoms with van der Waals surface area (Å²) in [5, 5.41) is 13.0. The van der Waals surface area contributed by atoms with Crippen LogP contribution in [-0.2, 0) is 13.0 Å². The molecule has 0 radical (unpaired) electrons. The number of nitrogens with zero attached hydrogens (tertiary/aromatic N) is 7. The Morgan fingerprint density at radius 2 is 2.03 bits per heavy atom. The van der Waals surface area contributed by atoms with E-state index in [1.165, 1.54) is 6.07 Å². The van der Waals surface area contributed by atoms with E-state index in [1.54, 1.807) is 29.2 Å². The lowest BCUT2D eigenvalue weighted by Gasteiger charge is -2.10. The van der Waals surface area contributed by atoms with E-state index < -0.39 is 5.82 Å². The normalized spacial score (nSPS) is 13.9. The fraction of sp³-hybridized carbons (Fsp3) is 0.192. The number of benzene rings is 2. The van der Waals surface area contributed by atoms with Gasteiger partial charge in [-0.1, -0.05) is 28.4 Å². The molecule has 36 heavy (non-hydrogen) atoms. The summed E-state index contributed by atoms with van der Waals surface area (Å²) >= 11 is 0. The van der Waals surface area contributed by atoms with E-state index in [2.05, 4.69) is 31.4 Å². The third-order valence-corrected chi connectivity index (χ3v) is 6.46. The van der Waals surface area contributed by atoms with E-state index in [0.717, 1.165) is 35.6 Å². The number of imidazole rings is 1. The smallest absolute Gasteiger partial charge is 0.230 e. The molecule has 2 aromatic carbocycles. The highest BCUT2D eigenvalue weighted by molar-refractivity contribution is 5.63. The second kappa shape index (κ2) is 7.88. The first kappa shape index (κ1) is 20.6. The quantitative estimate of drug-likeness (QED) is 0.345. The summed E-state index contributed by atoms with van der Waals surface area (Å²) in [4.78, 5) is 9.25. The van der Waals surface area contributed by atoms with Gasteiger partial charge in [0.15, 0.2) is 11.6 Å². The molecule has 0 saturated heterocycles. The summed E-state index contributed by atoms with van der Waals surface area (Å²) in [6, 6.07) is 11.9. The summed E-state index contributed by atoms with van der Waals surface area (Å²) in [5.74, 6) is 3.80. The second-order valence-corrected chi connectivity index (χ2v) is 8.78. The van der Waals surface area contributed by atoms with Crippen LogP contribution < -0.4 is 4.74 Å². The molecule has 176 valence electrons. The fourth-order valence-corrected chi connectivity index (χ4v) is 4.43. The molecule has 10 heteroatoms. The molecule has 1 aliphatic carbocycles. The molecular formula is C26H18FN7O2. The van der Waals surface area contributed by atoms with Gasteiger partial charge in [0, 0.05) is 17.9 Å². The monoisotopic (exact) mass is 479 g/mol. The maximum atomic E-state index is 14.1. The molecule has 1 fully saturated rings. The molecule has 0 atom stereocenters. The molecule has 0 unspecified atom stereocenters. The average molecular weight is 479 g/mol. The summed E-state index contributed by atoms with van der Waals surface area (Å²) in [6.45, 7) is 0.0396. The van der Waals surface area contributed by atoms with Crippen molar-refractivity contribution in [1.82, 2.24) is 34.7 Å². The van der Waals surface area contributed by atoms with E-state index in [4.69, 9.17) is 15.7 Å². The van der Waals surface area contributed by atoms with Crippen molar-refractivity contribution in [3.05, 3.63) is 83.1 Å². The topological polar surface area (TPSA) is 96.7 Å². The average Bonchev–Trinajstić information content (AvgIpc) is 3.33. The lowest BCUT2D eigenvalue weighted by atomic mass is 10.1. The third kappa shape index (κ3) is 3.28. The van der Waals surface area contributed by atoms with Gasteiger partial charge in [-0.15, -0.1) is 11.5 Å². The number of halogens is 1. The van der Waals surface area contributed by atoms with Crippen molar-refractivity contribution >= 4 is 0 Å². The molecule has 2 aliphatic rings. The minimum atomic E-state index is -0.441. The van der Waals surface area contributed by atoms with Crippen LogP contribution in [0.25, 0.3) is 22.9 Å². The summed E-state index contributed by atoms with van der Waals surface area (Å²) in [5.41, 5.74) is 5.10. The highest BCUT2D eigenvalue weighted by Crippen LogP contribution is 2.40. The van der Waals surface area contributed by atoms with Crippen LogP contribution in [0.15, 0.2) is 53.3 Å². The van der Waals surface area contributed by atoms with E-state index >= 15 is 0 Å². The molecule has 3 aromatic heterocycles. The molecule has 5 aromatic rings. The zero-order chi connectivity index (χ0) is 24.2. The standard InChI is InChI=1S/C26H18FN7O2/c1-2-15-7-10-19-21(11-15)34-20(18(30-32-34)13-35-23-6-4-3-5-17(23)27)12-22-24(28-14-33(19)22)25-29-26(36-31-25)16-8-9-16/h1,3-7,10-11,14,16H,8-9,12-13H2. The molecule has 0 bridgehead atoms. The molecule has 0 amide bonds. The van der Waals surface area contributed by atoms with Gasteiger partial charge in [-0.05, 0) is 43.2 Å². The fourth-order valence-electron chi connectivity index (χ4n) is 4.43. The van der Waals surface area contributed by atoms with Gasteiger partial charge in [-0.25, -0.2) is 14.1 Å². The van der Waals surface area contributed by atoms with Gasteiger partial charge in [-0.3, -0.25) is 4.57 Å². The van der Waals surface area contributed by atoms with Crippen LogP contribution in [0.4, 0.5) is 4.39 Å². The van der Waals surface area contributed by atoms with E-state index in [-0.39, 0.29) is 12.4 Å². The first-order valence-electron chi connectivity index (χ1n) is 11.5. The van der Waals surface area contributed by atoms with Crippen LogP contribution >= 0.6 is 0 Å². The van der Waals surface area contributed by atoms with Gasteiger partial charge in [0.25, 0.3) is 0 Å². The second-order valence-electron chi connectivity index (χ2n) is 8.78. The van der Waals surface area contributed by atoms with Crippen LogP contribution in [0.1, 0.15) is 47.3 Å². The van der Waals surface area contributed by atoms with Crippen LogP contribution in [0, 0.1) is 18.2 Å². The number of para-hydroxylation sites is 1. The maximum absolute atomic E-state index is 14.1. The number of rotatable bonds is 5. The Morgan fingerprint density at radius 1 is 1.14 bits per heavy atom. The Balaban J connectivity index is 1.35. The van der Waals surface area contributed by atoms with Crippen molar-refractivity contribution in [2.24, 2.45) is 0 Å². The van der Waals surface area contributed by atoms with Gasteiger partial charge in [-0.2, -0.15) is 4.98 Å². The first-order valence-corrected chi connectivity index (χ1v) is 11.5. The Bertz CT molecular complexity index is 1670. The largest absolute Gasteiger partial charge is 0.484 e. The summed E-state index contributed by atoms with van der Waals surface area (Å²) in [7, 11) is 0. The molecule has 0 spiro atoms. The minimum Gasteiger partial charge on any atom is -0.484 e. The third-order valence-electron chi connectivity index (χ3n) is 6.46. The molecular weight excluding hydrogens is 461 g/mol.